The van der Waals surface area contributed by atoms with Gasteiger partial charge in [-0.15, -0.1) is 0 Å². The zero-order chi connectivity index (χ0) is 18.8. The first kappa shape index (κ1) is 18.1. The van der Waals surface area contributed by atoms with Crippen molar-refractivity contribution in [3.8, 4) is 0 Å². The number of carbonyl (C=O) groups is 1. The Kier molecular flexibility index (Phi) is 4.22. The second-order valence-corrected chi connectivity index (χ2v) is 10.5. The van der Waals surface area contributed by atoms with Gasteiger partial charge < -0.3 is 10.4 Å². The van der Waals surface area contributed by atoms with Crippen LogP contribution in [0.4, 0.5) is 0 Å². The minimum atomic E-state index is -0.370. The average molecular weight is 370 g/mol. The second-order valence-electron chi connectivity index (χ2n) is 10.5. The Morgan fingerprint density at radius 2 is 2.00 bits per heavy atom. The van der Waals surface area contributed by atoms with Crippen LogP contribution in [-0.4, -0.2) is 30.1 Å². The number of rotatable bonds is 1. The largest absolute Gasteiger partial charge is 0.389 e. The molecule has 0 aromatic rings. The average Bonchev–Trinajstić information content (AvgIpc) is 3.01. The number of hydrogen-bond acceptors (Lipinski definition) is 3. The Bertz CT molecular complexity index is 703. The van der Waals surface area contributed by atoms with Crippen LogP contribution in [0.2, 0.25) is 0 Å². The predicted octanol–water partition coefficient (Wildman–Crippen LogP) is 4.03. The van der Waals surface area contributed by atoms with Gasteiger partial charge in [-0.1, -0.05) is 37.1 Å². The number of piperidine rings is 1. The van der Waals surface area contributed by atoms with E-state index in [-0.39, 0.29) is 16.9 Å². The van der Waals surface area contributed by atoms with Gasteiger partial charge in [0.2, 0.25) is 0 Å². The molecular weight excluding hydrogens is 334 g/mol. The summed E-state index contributed by atoms with van der Waals surface area (Å²) in [7, 11) is 0. The third kappa shape index (κ3) is 2.57. The van der Waals surface area contributed by atoms with Crippen molar-refractivity contribution in [2.24, 2.45) is 34.5 Å². The molecule has 0 bridgehead atoms. The van der Waals surface area contributed by atoms with E-state index in [9.17, 15) is 9.90 Å². The monoisotopic (exact) mass is 369 g/mol. The number of hydrogen-bond donors (Lipinski definition) is 2. The number of fused-ring (bicyclic) bond motifs is 5. The quantitative estimate of drug-likeness (QED) is 0.686. The number of ketones is 1. The lowest BCUT2D eigenvalue weighted by molar-refractivity contribution is -0.123. The smallest absolute Gasteiger partial charge is 0.136 e. The van der Waals surface area contributed by atoms with E-state index >= 15 is 0 Å². The summed E-state index contributed by atoms with van der Waals surface area (Å²) < 4.78 is 0. The summed E-state index contributed by atoms with van der Waals surface area (Å²) in [6.45, 7) is 7.19. The van der Waals surface area contributed by atoms with E-state index in [2.05, 4.69) is 31.3 Å². The van der Waals surface area contributed by atoms with Crippen molar-refractivity contribution in [3.05, 3.63) is 23.3 Å². The first-order chi connectivity index (χ1) is 12.9. The minimum absolute atomic E-state index is 0.133. The fourth-order valence-electron chi connectivity index (χ4n) is 7.82. The molecule has 1 unspecified atom stereocenters. The lowest BCUT2D eigenvalue weighted by Gasteiger charge is -2.58. The molecule has 2 saturated carbocycles. The van der Waals surface area contributed by atoms with Crippen LogP contribution in [0.1, 0.15) is 65.2 Å². The summed E-state index contributed by atoms with van der Waals surface area (Å²) in [5.74, 6) is 2.52. The van der Waals surface area contributed by atoms with Gasteiger partial charge in [-0.3, -0.25) is 4.79 Å². The Morgan fingerprint density at radius 3 is 2.78 bits per heavy atom. The zero-order valence-corrected chi connectivity index (χ0v) is 17.0. The maximum atomic E-state index is 12.0. The molecule has 1 saturated heterocycles. The van der Waals surface area contributed by atoms with Gasteiger partial charge in [-0.25, -0.2) is 0 Å². The van der Waals surface area contributed by atoms with Crippen LogP contribution in [0.25, 0.3) is 0 Å². The molecule has 0 spiro atoms. The topological polar surface area (TPSA) is 49.3 Å². The highest BCUT2D eigenvalue weighted by atomic mass is 16.3. The lowest BCUT2D eigenvalue weighted by Crippen LogP contribution is -2.54. The van der Waals surface area contributed by atoms with Crippen LogP contribution in [0.5, 0.6) is 0 Å². The zero-order valence-electron chi connectivity index (χ0n) is 17.0. The van der Waals surface area contributed by atoms with Crippen molar-refractivity contribution in [2.75, 3.05) is 13.1 Å². The van der Waals surface area contributed by atoms with Crippen molar-refractivity contribution < 1.29 is 9.90 Å². The van der Waals surface area contributed by atoms with Gasteiger partial charge >= 0.3 is 0 Å². The fraction of sp³-hybridized carbons (Fsp3) is 0.792. The maximum Gasteiger partial charge on any atom is 0.136 e. The van der Waals surface area contributed by atoms with Gasteiger partial charge in [0.05, 0.1) is 6.10 Å². The van der Waals surface area contributed by atoms with Crippen molar-refractivity contribution in [2.45, 2.75) is 71.3 Å². The highest BCUT2D eigenvalue weighted by Crippen LogP contribution is 2.65. The number of aliphatic hydroxyl groups is 1. The molecule has 0 aromatic carbocycles. The molecule has 7 atom stereocenters. The third-order valence-electron chi connectivity index (χ3n) is 9.34. The number of aliphatic hydroxyl groups excluding tert-OH is 1. The molecule has 5 aliphatic rings. The molecule has 0 aromatic heterocycles. The van der Waals surface area contributed by atoms with Crippen LogP contribution in [0.15, 0.2) is 23.3 Å². The summed E-state index contributed by atoms with van der Waals surface area (Å²) >= 11 is 0. The second kappa shape index (κ2) is 6.29. The molecule has 5 rings (SSSR count). The molecule has 3 fully saturated rings. The van der Waals surface area contributed by atoms with Crippen molar-refractivity contribution in [1.29, 1.82) is 0 Å². The van der Waals surface area contributed by atoms with Gasteiger partial charge in [0.1, 0.15) is 5.78 Å². The molecule has 3 nitrogen and oxygen atoms in total. The summed E-state index contributed by atoms with van der Waals surface area (Å²) in [5.41, 5.74) is 3.34. The first-order valence-corrected chi connectivity index (χ1v) is 11.3. The predicted molar refractivity (Wildman–Crippen MR) is 107 cm³/mol. The first-order valence-electron chi connectivity index (χ1n) is 11.3. The van der Waals surface area contributed by atoms with E-state index in [1.807, 2.05) is 0 Å². The van der Waals surface area contributed by atoms with Gasteiger partial charge in [-0.2, -0.15) is 0 Å². The summed E-state index contributed by atoms with van der Waals surface area (Å²) in [6, 6.07) is 0. The van der Waals surface area contributed by atoms with E-state index in [4.69, 9.17) is 0 Å². The van der Waals surface area contributed by atoms with Crippen molar-refractivity contribution in [1.82, 2.24) is 5.32 Å². The van der Waals surface area contributed by atoms with Gasteiger partial charge in [0.15, 0.2) is 0 Å². The van der Waals surface area contributed by atoms with Crippen LogP contribution in [0, 0.1) is 34.5 Å². The van der Waals surface area contributed by atoms with E-state index in [1.54, 1.807) is 5.57 Å². The van der Waals surface area contributed by atoms with Gasteiger partial charge in [0, 0.05) is 19.4 Å². The molecule has 4 aliphatic carbocycles. The normalized spacial score (nSPS) is 49.6. The molecule has 1 aliphatic heterocycles. The Labute approximate surface area is 163 Å². The molecule has 0 amide bonds. The molecule has 2 N–H and O–H groups in total. The minimum Gasteiger partial charge on any atom is -0.389 e. The van der Waals surface area contributed by atoms with Crippen LogP contribution >= 0.6 is 0 Å². The summed E-state index contributed by atoms with van der Waals surface area (Å²) in [4.78, 5) is 12.0. The number of carbonyl (C=O) groups excluding carboxylic acids is 1. The Morgan fingerprint density at radius 1 is 1.15 bits per heavy atom. The molecule has 0 radical (unpaired) electrons. The van der Waals surface area contributed by atoms with Crippen LogP contribution in [-0.2, 0) is 4.79 Å². The Balaban J connectivity index is 1.47. The van der Waals surface area contributed by atoms with Gasteiger partial charge in [-0.05, 0) is 79.6 Å². The molecule has 148 valence electrons. The van der Waals surface area contributed by atoms with Crippen LogP contribution in [0.3, 0.4) is 0 Å². The molecule has 1 heterocycles. The van der Waals surface area contributed by atoms with E-state index in [0.717, 1.165) is 32.4 Å². The number of nitrogens with one attached hydrogen (secondary N) is 1. The van der Waals surface area contributed by atoms with Crippen molar-refractivity contribution in [3.63, 3.8) is 0 Å². The van der Waals surface area contributed by atoms with E-state index in [1.165, 1.54) is 31.3 Å². The molecule has 3 heteroatoms. The SMILES string of the molecule is C[C@]12CCC(=O)CC1=C[C@H](O)[C@@H]1[C@@H]2CC[C@]2(C)C(C3CCCNC3)=CC[C@@H]12. The summed E-state index contributed by atoms with van der Waals surface area (Å²) in [5, 5.41) is 14.8. The summed E-state index contributed by atoms with van der Waals surface area (Å²) in [6.07, 6.45) is 12.8. The third-order valence-corrected chi connectivity index (χ3v) is 9.34. The van der Waals surface area contributed by atoms with Crippen LogP contribution < -0.4 is 5.32 Å². The molecular formula is C24H35NO2. The van der Waals surface area contributed by atoms with E-state index in [0.29, 0.717) is 35.9 Å². The van der Waals surface area contributed by atoms with Gasteiger partial charge in [0.25, 0.3) is 0 Å². The highest BCUT2D eigenvalue weighted by Gasteiger charge is 2.59. The fourth-order valence-corrected chi connectivity index (χ4v) is 7.82. The Hall–Kier alpha value is -0.930. The lowest BCUT2D eigenvalue weighted by atomic mass is 9.46. The molecule has 27 heavy (non-hydrogen) atoms. The number of Topliss-reactive ketones (excluding diaryl/α,β-unsaturated/α-hetero) is 1. The maximum absolute atomic E-state index is 12.0. The standard InChI is InChI=1S/C24H35NO2/c1-23-9-7-17(26)12-16(23)13-21(27)22-19-6-5-18(15-4-3-11-25-14-15)24(19,2)10-8-20(22)23/h5,13,15,19-22,25,27H,3-4,6-12,14H2,1-2H3/t15?,19-,20-,21-,22-,23-,24+/m0/s1. The number of allylic oxidation sites excluding steroid dienone is 2. The van der Waals surface area contributed by atoms with E-state index < -0.39 is 0 Å². The van der Waals surface area contributed by atoms with Crippen molar-refractivity contribution >= 4 is 5.78 Å². The highest BCUT2D eigenvalue weighted by molar-refractivity contribution is 5.82.